The molecule has 0 saturated carbocycles. The standard InChI is InChI=1S/C17H18O2/c1-12(2)11-13(3)17(18)19-16-10-6-8-14-7-4-5-9-15(14)16/h4-10,12H,3,11H2,1-2H3. The van der Waals surface area contributed by atoms with Gasteiger partial charge in [0.15, 0.2) is 0 Å². The first-order valence-electron chi connectivity index (χ1n) is 6.45. The lowest BCUT2D eigenvalue weighted by Gasteiger charge is -2.10. The summed E-state index contributed by atoms with van der Waals surface area (Å²) in [5.41, 5.74) is 0.517. The monoisotopic (exact) mass is 254 g/mol. The maximum Gasteiger partial charge on any atom is 0.338 e. The van der Waals surface area contributed by atoms with Crippen molar-refractivity contribution in [3.05, 3.63) is 54.6 Å². The van der Waals surface area contributed by atoms with Crippen LogP contribution in [-0.4, -0.2) is 5.97 Å². The molecule has 0 radical (unpaired) electrons. The normalized spacial score (nSPS) is 10.7. The molecule has 2 aromatic carbocycles. The predicted octanol–water partition coefficient (Wildman–Crippen LogP) is 4.35. The zero-order chi connectivity index (χ0) is 13.8. The van der Waals surface area contributed by atoms with Gasteiger partial charge in [0, 0.05) is 11.0 Å². The van der Waals surface area contributed by atoms with Crippen LogP contribution in [0.2, 0.25) is 0 Å². The van der Waals surface area contributed by atoms with E-state index < -0.39 is 0 Å². The second-order valence-electron chi connectivity index (χ2n) is 5.07. The number of hydrogen-bond donors (Lipinski definition) is 0. The summed E-state index contributed by atoms with van der Waals surface area (Å²) in [6, 6.07) is 13.5. The van der Waals surface area contributed by atoms with Crippen molar-refractivity contribution in [1.29, 1.82) is 0 Å². The molecule has 0 heterocycles. The van der Waals surface area contributed by atoms with E-state index in [9.17, 15) is 4.79 Å². The van der Waals surface area contributed by atoms with Crippen molar-refractivity contribution in [2.75, 3.05) is 0 Å². The van der Waals surface area contributed by atoms with Gasteiger partial charge in [-0.3, -0.25) is 0 Å². The minimum atomic E-state index is -0.343. The molecule has 0 atom stereocenters. The van der Waals surface area contributed by atoms with Gasteiger partial charge in [-0.2, -0.15) is 0 Å². The van der Waals surface area contributed by atoms with Gasteiger partial charge in [-0.15, -0.1) is 0 Å². The third-order valence-electron chi connectivity index (χ3n) is 2.90. The van der Waals surface area contributed by atoms with Crippen molar-refractivity contribution in [2.24, 2.45) is 5.92 Å². The molecule has 0 unspecified atom stereocenters. The molecule has 0 aromatic heterocycles. The van der Waals surface area contributed by atoms with Crippen molar-refractivity contribution in [1.82, 2.24) is 0 Å². The summed E-state index contributed by atoms with van der Waals surface area (Å²) in [4.78, 5) is 12.0. The molecule has 0 spiro atoms. The maximum absolute atomic E-state index is 12.0. The SMILES string of the molecule is C=C(CC(C)C)C(=O)Oc1cccc2ccccc12. The van der Waals surface area contributed by atoms with Crippen molar-refractivity contribution >= 4 is 16.7 Å². The predicted molar refractivity (Wildman–Crippen MR) is 78.2 cm³/mol. The van der Waals surface area contributed by atoms with Crippen LogP contribution in [0.4, 0.5) is 0 Å². The van der Waals surface area contributed by atoms with E-state index >= 15 is 0 Å². The Balaban J connectivity index is 2.22. The molecule has 98 valence electrons. The number of hydrogen-bond acceptors (Lipinski definition) is 2. The third-order valence-corrected chi connectivity index (χ3v) is 2.90. The lowest BCUT2D eigenvalue weighted by atomic mass is 10.0. The molecule has 2 nitrogen and oxygen atoms in total. The molecule has 0 bridgehead atoms. The number of fused-ring (bicyclic) bond motifs is 1. The molecule has 19 heavy (non-hydrogen) atoms. The van der Waals surface area contributed by atoms with Crippen LogP contribution < -0.4 is 4.74 Å². The number of esters is 1. The van der Waals surface area contributed by atoms with E-state index in [4.69, 9.17) is 4.74 Å². The fraction of sp³-hybridized carbons (Fsp3) is 0.235. The average Bonchev–Trinajstić information content (AvgIpc) is 2.38. The second-order valence-corrected chi connectivity index (χ2v) is 5.07. The number of ether oxygens (including phenoxy) is 1. The quantitative estimate of drug-likeness (QED) is 0.460. The highest BCUT2D eigenvalue weighted by molar-refractivity contribution is 5.94. The van der Waals surface area contributed by atoms with Crippen LogP contribution in [-0.2, 0) is 4.79 Å². The van der Waals surface area contributed by atoms with Gasteiger partial charge >= 0.3 is 5.97 Å². The van der Waals surface area contributed by atoms with E-state index in [0.29, 0.717) is 23.7 Å². The van der Waals surface area contributed by atoms with E-state index in [0.717, 1.165) is 10.8 Å². The molecule has 0 aliphatic carbocycles. The Kier molecular flexibility index (Phi) is 4.00. The molecule has 0 amide bonds. The maximum atomic E-state index is 12.0. The zero-order valence-electron chi connectivity index (χ0n) is 11.3. The Morgan fingerprint density at radius 3 is 2.58 bits per heavy atom. The average molecular weight is 254 g/mol. The van der Waals surface area contributed by atoms with Crippen LogP contribution >= 0.6 is 0 Å². The fourth-order valence-electron chi connectivity index (χ4n) is 2.03. The minimum Gasteiger partial charge on any atom is -0.423 e. The van der Waals surface area contributed by atoms with Crippen molar-refractivity contribution in [3.8, 4) is 5.75 Å². The van der Waals surface area contributed by atoms with Crippen LogP contribution in [0.5, 0.6) is 5.75 Å². The summed E-state index contributed by atoms with van der Waals surface area (Å²) < 4.78 is 5.45. The summed E-state index contributed by atoms with van der Waals surface area (Å²) in [7, 11) is 0. The lowest BCUT2D eigenvalue weighted by Crippen LogP contribution is -2.12. The number of benzene rings is 2. The largest absolute Gasteiger partial charge is 0.423 e. The lowest BCUT2D eigenvalue weighted by molar-refractivity contribution is -0.130. The Morgan fingerprint density at radius 1 is 1.16 bits per heavy atom. The first kappa shape index (κ1) is 13.3. The Bertz CT molecular complexity index is 606. The van der Waals surface area contributed by atoms with Gasteiger partial charge in [-0.25, -0.2) is 4.79 Å². The number of carbonyl (C=O) groups is 1. The topological polar surface area (TPSA) is 26.3 Å². The van der Waals surface area contributed by atoms with E-state index in [2.05, 4.69) is 20.4 Å². The minimum absolute atomic E-state index is 0.343. The number of rotatable bonds is 4. The highest BCUT2D eigenvalue weighted by Gasteiger charge is 2.12. The zero-order valence-corrected chi connectivity index (χ0v) is 11.3. The molecule has 0 aliphatic heterocycles. The Hall–Kier alpha value is -2.09. The van der Waals surface area contributed by atoms with Gasteiger partial charge in [0.1, 0.15) is 5.75 Å². The van der Waals surface area contributed by atoms with Gasteiger partial charge < -0.3 is 4.74 Å². The van der Waals surface area contributed by atoms with Crippen molar-refractivity contribution in [2.45, 2.75) is 20.3 Å². The molecule has 0 fully saturated rings. The molecular weight excluding hydrogens is 236 g/mol. The Morgan fingerprint density at radius 2 is 1.84 bits per heavy atom. The fourth-order valence-corrected chi connectivity index (χ4v) is 2.03. The van der Waals surface area contributed by atoms with Crippen LogP contribution in [0.3, 0.4) is 0 Å². The van der Waals surface area contributed by atoms with Crippen LogP contribution in [0.25, 0.3) is 10.8 Å². The molecule has 2 rings (SSSR count). The molecular formula is C17H18O2. The summed E-state index contributed by atoms with van der Waals surface area (Å²) in [5, 5.41) is 2.00. The van der Waals surface area contributed by atoms with Gasteiger partial charge in [0.2, 0.25) is 0 Å². The van der Waals surface area contributed by atoms with E-state index in [1.165, 1.54) is 0 Å². The van der Waals surface area contributed by atoms with Crippen LogP contribution in [0.15, 0.2) is 54.6 Å². The van der Waals surface area contributed by atoms with Gasteiger partial charge in [-0.1, -0.05) is 56.8 Å². The summed E-state index contributed by atoms with van der Waals surface area (Å²) in [6.45, 7) is 7.90. The summed E-state index contributed by atoms with van der Waals surface area (Å²) >= 11 is 0. The van der Waals surface area contributed by atoms with Gasteiger partial charge in [-0.05, 0) is 23.8 Å². The van der Waals surface area contributed by atoms with Gasteiger partial charge in [0.25, 0.3) is 0 Å². The summed E-state index contributed by atoms with van der Waals surface area (Å²) in [6.07, 6.45) is 0.656. The van der Waals surface area contributed by atoms with Crippen molar-refractivity contribution in [3.63, 3.8) is 0 Å². The van der Waals surface area contributed by atoms with Crippen LogP contribution in [0, 0.1) is 5.92 Å². The third kappa shape index (κ3) is 3.22. The molecule has 0 aliphatic rings. The molecule has 2 heteroatoms. The van der Waals surface area contributed by atoms with Gasteiger partial charge in [0.05, 0.1) is 0 Å². The molecule has 2 aromatic rings. The van der Waals surface area contributed by atoms with E-state index in [1.54, 1.807) is 0 Å². The van der Waals surface area contributed by atoms with E-state index in [1.807, 2.05) is 42.5 Å². The smallest absolute Gasteiger partial charge is 0.338 e. The van der Waals surface area contributed by atoms with E-state index in [-0.39, 0.29) is 5.97 Å². The Labute approximate surface area is 113 Å². The first-order valence-corrected chi connectivity index (χ1v) is 6.45. The highest BCUT2D eigenvalue weighted by Crippen LogP contribution is 2.26. The van der Waals surface area contributed by atoms with Crippen molar-refractivity contribution < 1.29 is 9.53 Å². The first-order chi connectivity index (χ1) is 9.08. The highest BCUT2D eigenvalue weighted by atomic mass is 16.5. The second kappa shape index (κ2) is 5.70. The number of carbonyl (C=O) groups excluding carboxylic acids is 1. The van der Waals surface area contributed by atoms with Crippen LogP contribution in [0.1, 0.15) is 20.3 Å². The summed E-state index contributed by atoms with van der Waals surface area (Å²) in [5.74, 6) is 0.644. The molecule has 0 N–H and O–H groups in total. The molecule has 0 saturated heterocycles.